The molecule has 0 saturated carbocycles. The molecular formula is C14H20FN3. The van der Waals surface area contributed by atoms with E-state index in [2.05, 4.69) is 11.8 Å². The summed E-state index contributed by atoms with van der Waals surface area (Å²) in [4.78, 5) is 2.30. The molecule has 0 aliphatic carbocycles. The van der Waals surface area contributed by atoms with Crippen molar-refractivity contribution in [2.75, 3.05) is 6.54 Å². The van der Waals surface area contributed by atoms with Crippen molar-refractivity contribution >= 4 is 5.84 Å². The van der Waals surface area contributed by atoms with Crippen molar-refractivity contribution in [1.82, 2.24) is 4.90 Å². The molecule has 0 amide bonds. The van der Waals surface area contributed by atoms with Gasteiger partial charge in [-0.3, -0.25) is 10.3 Å². The molecule has 2 rings (SSSR count). The molecule has 3 nitrogen and oxygen atoms in total. The van der Waals surface area contributed by atoms with E-state index < -0.39 is 0 Å². The van der Waals surface area contributed by atoms with Crippen LogP contribution in [0.5, 0.6) is 0 Å². The fourth-order valence-corrected chi connectivity index (χ4v) is 2.52. The Bertz CT molecular complexity index is 445. The molecular weight excluding hydrogens is 229 g/mol. The number of piperidine rings is 1. The lowest BCUT2D eigenvalue weighted by Gasteiger charge is -2.33. The lowest BCUT2D eigenvalue weighted by Crippen LogP contribution is -2.37. The minimum atomic E-state index is -0.345. The van der Waals surface area contributed by atoms with Crippen LogP contribution in [0.1, 0.15) is 37.3 Å². The molecule has 4 heteroatoms. The summed E-state index contributed by atoms with van der Waals surface area (Å²) in [6.45, 7) is 3.81. The molecule has 1 saturated heterocycles. The molecule has 1 aromatic carbocycles. The molecule has 1 aliphatic heterocycles. The van der Waals surface area contributed by atoms with Crippen LogP contribution < -0.4 is 5.73 Å². The van der Waals surface area contributed by atoms with Gasteiger partial charge < -0.3 is 5.73 Å². The number of likely N-dealkylation sites (tertiary alicyclic amines) is 1. The van der Waals surface area contributed by atoms with E-state index in [-0.39, 0.29) is 17.2 Å². The number of benzene rings is 1. The Balaban J connectivity index is 2.18. The van der Waals surface area contributed by atoms with Crippen LogP contribution in [-0.4, -0.2) is 23.3 Å². The number of hydrogen-bond acceptors (Lipinski definition) is 2. The predicted octanol–water partition coefficient (Wildman–Crippen LogP) is 2.48. The van der Waals surface area contributed by atoms with E-state index in [9.17, 15) is 4.39 Å². The first-order valence-corrected chi connectivity index (χ1v) is 6.45. The van der Waals surface area contributed by atoms with Gasteiger partial charge >= 0.3 is 0 Å². The molecule has 98 valence electrons. The Kier molecular flexibility index (Phi) is 3.97. The minimum absolute atomic E-state index is 0.206. The second-order valence-electron chi connectivity index (χ2n) is 5.01. The molecule has 1 fully saturated rings. The van der Waals surface area contributed by atoms with Gasteiger partial charge in [-0.2, -0.15) is 0 Å². The molecule has 3 N–H and O–H groups in total. The topological polar surface area (TPSA) is 53.1 Å². The smallest absolute Gasteiger partial charge is 0.138 e. The van der Waals surface area contributed by atoms with Gasteiger partial charge in [0.15, 0.2) is 0 Å². The number of nitrogens with two attached hydrogens (primary N) is 1. The van der Waals surface area contributed by atoms with Crippen molar-refractivity contribution in [2.24, 2.45) is 5.73 Å². The maximum absolute atomic E-state index is 14.2. The molecule has 1 aliphatic rings. The number of rotatable bonds is 3. The summed E-state index contributed by atoms with van der Waals surface area (Å²) >= 11 is 0. The van der Waals surface area contributed by atoms with Gasteiger partial charge in [0, 0.05) is 18.2 Å². The average Bonchev–Trinajstić information content (AvgIpc) is 2.34. The zero-order chi connectivity index (χ0) is 13.1. The van der Waals surface area contributed by atoms with Crippen LogP contribution in [0.15, 0.2) is 18.2 Å². The quantitative estimate of drug-likeness (QED) is 0.638. The van der Waals surface area contributed by atoms with Crippen molar-refractivity contribution < 1.29 is 4.39 Å². The Morgan fingerprint density at radius 3 is 2.94 bits per heavy atom. The maximum atomic E-state index is 14.2. The van der Waals surface area contributed by atoms with E-state index in [0.29, 0.717) is 18.2 Å². The monoisotopic (exact) mass is 249 g/mol. The SMILES string of the molecule is CC1CCCCN1Cc1cccc(C(=N)N)c1F. The molecule has 1 unspecified atom stereocenters. The first kappa shape index (κ1) is 13.0. The molecule has 18 heavy (non-hydrogen) atoms. The summed E-state index contributed by atoms with van der Waals surface area (Å²) in [6, 6.07) is 5.60. The fraction of sp³-hybridized carbons (Fsp3) is 0.500. The Labute approximate surface area is 107 Å². The third-order valence-corrected chi connectivity index (χ3v) is 3.68. The van der Waals surface area contributed by atoms with E-state index in [1.54, 1.807) is 18.2 Å². The van der Waals surface area contributed by atoms with E-state index in [1.807, 2.05) is 0 Å². The molecule has 1 heterocycles. The number of nitrogens with zero attached hydrogens (tertiary/aromatic N) is 1. The van der Waals surface area contributed by atoms with Gasteiger partial charge in [0.2, 0.25) is 0 Å². The number of amidine groups is 1. The highest BCUT2D eigenvalue weighted by atomic mass is 19.1. The predicted molar refractivity (Wildman–Crippen MR) is 71.1 cm³/mol. The number of hydrogen-bond donors (Lipinski definition) is 2. The van der Waals surface area contributed by atoms with Gasteiger partial charge in [-0.1, -0.05) is 18.6 Å². The van der Waals surface area contributed by atoms with E-state index in [0.717, 1.165) is 6.54 Å². The molecule has 1 atom stereocenters. The normalized spacial score (nSPS) is 20.9. The molecule has 0 radical (unpaired) electrons. The van der Waals surface area contributed by atoms with Crippen molar-refractivity contribution in [3.8, 4) is 0 Å². The second kappa shape index (κ2) is 5.48. The lowest BCUT2D eigenvalue weighted by molar-refractivity contribution is 0.151. The van der Waals surface area contributed by atoms with Gasteiger partial charge in [0.25, 0.3) is 0 Å². The summed E-state index contributed by atoms with van der Waals surface area (Å²) in [5, 5.41) is 7.36. The van der Waals surface area contributed by atoms with Crippen LogP contribution in [0.2, 0.25) is 0 Å². The van der Waals surface area contributed by atoms with Gasteiger partial charge in [-0.25, -0.2) is 4.39 Å². The standard InChI is InChI=1S/C14H20FN3/c1-10-5-2-3-8-18(10)9-11-6-4-7-12(13(11)15)14(16)17/h4,6-7,10H,2-3,5,8-9H2,1H3,(H3,16,17). The third kappa shape index (κ3) is 2.70. The van der Waals surface area contributed by atoms with Crippen molar-refractivity contribution in [3.05, 3.63) is 35.1 Å². The summed E-state index contributed by atoms with van der Waals surface area (Å²) in [5.41, 5.74) is 6.21. The van der Waals surface area contributed by atoms with Crippen LogP contribution in [0.3, 0.4) is 0 Å². The van der Waals surface area contributed by atoms with Crippen LogP contribution in [0.25, 0.3) is 0 Å². The van der Waals surface area contributed by atoms with E-state index in [4.69, 9.17) is 11.1 Å². The lowest BCUT2D eigenvalue weighted by atomic mass is 10.0. The molecule has 0 aromatic heterocycles. The molecule has 0 bridgehead atoms. The highest BCUT2D eigenvalue weighted by Gasteiger charge is 2.20. The van der Waals surface area contributed by atoms with Crippen LogP contribution in [0, 0.1) is 11.2 Å². The number of nitrogens with one attached hydrogen (secondary N) is 1. The fourth-order valence-electron chi connectivity index (χ4n) is 2.52. The van der Waals surface area contributed by atoms with Gasteiger partial charge in [-0.15, -0.1) is 0 Å². The summed E-state index contributed by atoms with van der Waals surface area (Å²) < 4.78 is 14.2. The van der Waals surface area contributed by atoms with E-state index in [1.165, 1.54) is 19.3 Å². The van der Waals surface area contributed by atoms with Gasteiger partial charge in [0.1, 0.15) is 11.7 Å². The van der Waals surface area contributed by atoms with Crippen molar-refractivity contribution in [1.29, 1.82) is 5.41 Å². The van der Waals surface area contributed by atoms with Gasteiger partial charge in [-0.05, 0) is 32.4 Å². The molecule has 1 aromatic rings. The Morgan fingerprint density at radius 2 is 2.28 bits per heavy atom. The summed E-state index contributed by atoms with van der Waals surface area (Å²) in [7, 11) is 0. The van der Waals surface area contributed by atoms with Gasteiger partial charge in [0.05, 0.1) is 5.56 Å². The first-order chi connectivity index (χ1) is 8.59. The largest absolute Gasteiger partial charge is 0.384 e. The zero-order valence-corrected chi connectivity index (χ0v) is 10.7. The number of nitrogen functional groups attached to an aromatic ring is 1. The van der Waals surface area contributed by atoms with Crippen molar-refractivity contribution in [2.45, 2.75) is 38.8 Å². The van der Waals surface area contributed by atoms with E-state index >= 15 is 0 Å². The summed E-state index contributed by atoms with van der Waals surface area (Å²) in [6.07, 6.45) is 3.61. The third-order valence-electron chi connectivity index (χ3n) is 3.68. The molecule has 0 spiro atoms. The minimum Gasteiger partial charge on any atom is -0.384 e. The van der Waals surface area contributed by atoms with Crippen molar-refractivity contribution in [3.63, 3.8) is 0 Å². The zero-order valence-electron chi connectivity index (χ0n) is 10.7. The highest BCUT2D eigenvalue weighted by molar-refractivity contribution is 5.95. The summed E-state index contributed by atoms with van der Waals surface area (Å²) in [5.74, 6) is -0.552. The van der Waals surface area contributed by atoms with Crippen LogP contribution in [-0.2, 0) is 6.54 Å². The highest BCUT2D eigenvalue weighted by Crippen LogP contribution is 2.21. The average molecular weight is 249 g/mol. The Morgan fingerprint density at radius 1 is 1.50 bits per heavy atom. The van der Waals surface area contributed by atoms with Crippen LogP contribution in [0.4, 0.5) is 4.39 Å². The Hall–Kier alpha value is -1.42. The number of halogens is 1. The maximum Gasteiger partial charge on any atom is 0.138 e. The first-order valence-electron chi connectivity index (χ1n) is 6.45. The second-order valence-corrected chi connectivity index (χ2v) is 5.01. The van der Waals surface area contributed by atoms with Crippen LogP contribution >= 0.6 is 0 Å².